The van der Waals surface area contributed by atoms with E-state index in [2.05, 4.69) is 22.9 Å². The van der Waals surface area contributed by atoms with E-state index in [9.17, 15) is 13.2 Å². The van der Waals surface area contributed by atoms with Gasteiger partial charge in [-0.15, -0.1) is 0 Å². The molecule has 5 heteroatoms. The average Bonchev–Trinajstić information content (AvgIpc) is 2.66. The quantitative estimate of drug-likeness (QED) is 0.425. The molecule has 1 saturated carbocycles. The van der Waals surface area contributed by atoms with E-state index in [0.717, 1.165) is 44.1 Å². The number of alkyl halides is 4. The van der Waals surface area contributed by atoms with Gasteiger partial charge in [-0.3, -0.25) is 0 Å². The van der Waals surface area contributed by atoms with Crippen LogP contribution in [0.15, 0.2) is 30.3 Å². The van der Waals surface area contributed by atoms with E-state index in [-0.39, 0.29) is 22.1 Å². The highest BCUT2D eigenvalue weighted by Crippen LogP contribution is 2.43. The third-order valence-electron chi connectivity index (χ3n) is 5.67. The first kappa shape index (κ1) is 20.5. The highest BCUT2D eigenvalue weighted by atomic mass is 79.9. The van der Waals surface area contributed by atoms with Gasteiger partial charge in [-0.1, -0.05) is 60.5 Å². The lowest BCUT2D eigenvalue weighted by Crippen LogP contribution is -2.25. The molecule has 0 amide bonds. The van der Waals surface area contributed by atoms with Crippen molar-refractivity contribution in [3.63, 3.8) is 0 Å². The fourth-order valence-electron chi connectivity index (χ4n) is 3.99. The maximum absolute atomic E-state index is 13.9. The molecule has 1 nitrogen and oxygen atoms in total. The summed E-state index contributed by atoms with van der Waals surface area (Å²) in [6.45, 7) is 4.20. The van der Waals surface area contributed by atoms with Gasteiger partial charge in [-0.2, -0.15) is 13.2 Å². The highest BCUT2D eigenvalue weighted by Gasteiger charge is 2.37. The van der Waals surface area contributed by atoms with Crippen LogP contribution in [0.3, 0.4) is 0 Å². The van der Waals surface area contributed by atoms with Crippen molar-refractivity contribution in [2.45, 2.75) is 69.5 Å². The minimum Gasteiger partial charge on any atom is -0.490 e. The zero-order valence-corrected chi connectivity index (χ0v) is 17.4. The Hall–Kier alpha value is -1.23. The molecule has 0 saturated heterocycles. The summed E-state index contributed by atoms with van der Waals surface area (Å²) in [6.07, 6.45) is 1.15. The van der Waals surface area contributed by atoms with Crippen molar-refractivity contribution in [2.24, 2.45) is 5.92 Å². The SMILES string of the molecule is CCC(Br)c1ccc2c(C(F)(F)F)c(O[C@H]3CC[C@@H](CC)CC3)ccc2c1. The van der Waals surface area contributed by atoms with Crippen molar-refractivity contribution in [3.8, 4) is 5.75 Å². The second-order valence-electron chi connectivity index (χ2n) is 7.46. The first-order chi connectivity index (χ1) is 12.8. The van der Waals surface area contributed by atoms with Crippen LogP contribution in [-0.4, -0.2) is 6.10 Å². The van der Waals surface area contributed by atoms with Gasteiger partial charge in [0.2, 0.25) is 0 Å². The van der Waals surface area contributed by atoms with E-state index in [1.807, 2.05) is 13.0 Å². The molecular formula is C22H26BrF3O. The lowest BCUT2D eigenvalue weighted by Gasteiger charge is -2.29. The van der Waals surface area contributed by atoms with Crippen molar-refractivity contribution < 1.29 is 17.9 Å². The molecule has 1 atom stereocenters. The fourth-order valence-corrected chi connectivity index (χ4v) is 4.27. The molecule has 1 aliphatic rings. The molecule has 0 aliphatic heterocycles. The minimum absolute atomic E-state index is 0.0337. The minimum atomic E-state index is -4.45. The van der Waals surface area contributed by atoms with Crippen molar-refractivity contribution in [3.05, 3.63) is 41.5 Å². The smallest absolute Gasteiger partial charge is 0.420 e. The summed E-state index contributed by atoms with van der Waals surface area (Å²) >= 11 is 3.57. The monoisotopic (exact) mass is 442 g/mol. The summed E-state index contributed by atoms with van der Waals surface area (Å²) in [7, 11) is 0. The first-order valence-corrected chi connectivity index (χ1v) is 10.7. The second-order valence-corrected chi connectivity index (χ2v) is 8.57. The van der Waals surface area contributed by atoms with Crippen LogP contribution < -0.4 is 4.74 Å². The standard InChI is InChI=1S/C22H26BrF3O/c1-3-14-5-9-17(10-6-14)27-20-12-8-15-13-16(19(23)4-2)7-11-18(15)21(20)22(24,25)26/h7-8,11-14,17,19H,3-6,9-10H2,1-2H3/t14-,17+,19?. The van der Waals surface area contributed by atoms with Gasteiger partial charge in [0, 0.05) is 4.83 Å². The van der Waals surface area contributed by atoms with E-state index >= 15 is 0 Å². The summed E-state index contributed by atoms with van der Waals surface area (Å²) in [5, 5.41) is 0.807. The van der Waals surface area contributed by atoms with E-state index < -0.39 is 11.7 Å². The van der Waals surface area contributed by atoms with Crippen molar-refractivity contribution in [2.75, 3.05) is 0 Å². The van der Waals surface area contributed by atoms with Crippen LogP contribution in [0.1, 0.15) is 68.3 Å². The number of hydrogen-bond acceptors (Lipinski definition) is 1. The highest BCUT2D eigenvalue weighted by molar-refractivity contribution is 9.09. The molecular weight excluding hydrogens is 417 g/mol. The Morgan fingerprint density at radius 1 is 1.07 bits per heavy atom. The van der Waals surface area contributed by atoms with Crippen molar-refractivity contribution >= 4 is 26.7 Å². The zero-order valence-electron chi connectivity index (χ0n) is 15.8. The Morgan fingerprint density at radius 3 is 2.37 bits per heavy atom. The molecule has 0 aromatic heterocycles. The molecule has 148 valence electrons. The summed E-state index contributed by atoms with van der Waals surface area (Å²) < 4.78 is 47.5. The van der Waals surface area contributed by atoms with Crippen LogP contribution in [0.2, 0.25) is 0 Å². The number of rotatable bonds is 5. The van der Waals surface area contributed by atoms with Crippen molar-refractivity contribution in [1.29, 1.82) is 0 Å². The normalized spacial score (nSPS) is 22.0. The van der Waals surface area contributed by atoms with E-state index in [4.69, 9.17) is 4.74 Å². The number of hydrogen-bond donors (Lipinski definition) is 0. The molecule has 2 aromatic rings. The van der Waals surface area contributed by atoms with Gasteiger partial charge in [0.1, 0.15) is 11.3 Å². The Bertz CT molecular complexity index is 779. The summed E-state index contributed by atoms with van der Waals surface area (Å²) in [5.74, 6) is 0.645. The molecule has 27 heavy (non-hydrogen) atoms. The van der Waals surface area contributed by atoms with Crippen LogP contribution in [0.5, 0.6) is 5.75 Å². The predicted molar refractivity (Wildman–Crippen MR) is 108 cm³/mol. The summed E-state index contributed by atoms with van der Waals surface area (Å²) in [4.78, 5) is 0.140. The topological polar surface area (TPSA) is 9.23 Å². The molecule has 1 aliphatic carbocycles. The maximum atomic E-state index is 13.9. The van der Waals surface area contributed by atoms with E-state index in [0.29, 0.717) is 11.3 Å². The lowest BCUT2D eigenvalue weighted by atomic mass is 9.86. The maximum Gasteiger partial charge on any atom is 0.420 e. The Kier molecular flexibility index (Phi) is 6.39. The number of fused-ring (bicyclic) bond motifs is 1. The van der Waals surface area contributed by atoms with Gasteiger partial charge >= 0.3 is 6.18 Å². The molecule has 0 bridgehead atoms. The van der Waals surface area contributed by atoms with Crippen LogP contribution in [0.25, 0.3) is 10.8 Å². The number of ether oxygens (including phenoxy) is 1. The van der Waals surface area contributed by atoms with Crippen LogP contribution in [0, 0.1) is 5.92 Å². The molecule has 0 heterocycles. The molecule has 1 unspecified atom stereocenters. The van der Waals surface area contributed by atoms with Crippen molar-refractivity contribution in [1.82, 2.24) is 0 Å². The van der Waals surface area contributed by atoms with Crippen LogP contribution >= 0.6 is 15.9 Å². The third kappa shape index (κ3) is 4.61. The molecule has 2 aromatic carbocycles. The van der Waals surface area contributed by atoms with Crippen LogP contribution in [0.4, 0.5) is 13.2 Å². The molecule has 0 N–H and O–H groups in total. The Balaban J connectivity index is 1.95. The first-order valence-electron chi connectivity index (χ1n) is 9.78. The fraction of sp³-hybridized carbons (Fsp3) is 0.545. The average molecular weight is 443 g/mol. The third-order valence-corrected chi connectivity index (χ3v) is 6.85. The van der Waals surface area contributed by atoms with E-state index in [1.165, 1.54) is 6.07 Å². The van der Waals surface area contributed by atoms with Gasteiger partial charge in [0.15, 0.2) is 0 Å². The van der Waals surface area contributed by atoms with E-state index in [1.54, 1.807) is 18.2 Å². The summed E-state index contributed by atoms with van der Waals surface area (Å²) in [6, 6.07) is 8.44. The molecule has 0 spiro atoms. The largest absolute Gasteiger partial charge is 0.490 e. The van der Waals surface area contributed by atoms with Gasteiger partial charge in [0.25, 0.3) is 0 Å². The number of halogens is 4. The van der Waals surface area contributed by atoms with Gasteiger partial charge in [0.05, 0.1) is 6.10 Å². The Labute approximate surface area is 167 Å². The number of benzene rings is 2. The second kappa shape index (κ2) is 8.42. The summed E-state index contributed by atoms with van der Waals surface area (Å²) in [5.41, 5.74) is 0.344. The van der Waals surface area contributed by atoms with Gasteiger partial charge in [-0.25, -0.2) is 0 Å². The van der Waals surface area contributed by atoms with Gasteiger partial charge < -0.3 is 4.74 Å². The lowest BCUT2D eigenvalue weighted by molar-refractivity contribution is -0.138. The zero-order chi connectivity index (χ0) is 19.6. The molecule has 3 rings (SSSR count). The van der Waals surface area contributed by atoms with Gasteiger partial charge in [-0.05, 0) is 60.4 Å². The predicted octanol–water partition coefficient (Wildman–Crippen LogP) is 8.05. The Morgan fingerprint density at radius 2 is 1.78 bits per heavy atom. The molecule has 1 fully saturated rings. The van der Waals surface area contributed by atoms with Crippen LogP contribution in [-0.2, 0) is 6.18 Å². The molecule has 0 radical (unpaired) electrons.